The van der Waals surface area contributed by atoms with Gasteiger partial charge in [0.2, 0.25) is 0 Å². The van der Waals surface area contributed by atoms with Crippen LogP contribution in [0.4, 0.5) is 4.39 Å². The smallest absolute Gasteiger partial charge is 0.123 e. The highest BCUT2D eigenvalue weighted by molar-refractivity contribution is 5.37. The molecule has 1 aliphatic rings. The maximum atomic E-state index is 13.3. The van der Waals surface area contributed by atoms with Crippen LogP contribution in [0.1, 0.15) is 11.6 Å². The standard InChI is InChI=1S/C12H17FN2O/c1-15-6-5-14-8-11(15)10-7-9(13)3-4-12(10)16-2/h3-4,7,11,14H,5-6,8H2,1-2H3. The molecule has 3 nitrogen and oxygen atoms in total. The summed E-state index contributed by atoms with van der Waals surface area (Å²) in [7, 11) is 3.67. The Morgan fingerprint density at radius 1 is 1.50 bits per heavy atom. The van der Waals surface area contributed by atoms with E-state index in [1.807, 2.05) is 0 Å². The van der Waals surface area contributed by atoms with Crippen LogP contribution in [0.25, 0.3) is 0 Å². The number of nitrogens with zero attached hydrogens (tertiary/aromatic N) is 1. The van der Waals surface area contributed by atoms with Crippen molar-refractivity contribution in [3.8, 4) is 5.75 Å². The van der Waals surface area contributed by atoms with Crippen LogP contribution in [0.5, 0.6) is 5.75 Å². The molecule has 0 amide bonds. The van der Waals surface area contributed by atoms with E-state index in [0.717, 1.165) is 30.9 Å². The van der Waals surface area contributed by atoms with Crippen LogP contribution in [0.15, 0.2) is 18.2 Å². The van der Waals surface area contributed by atoms with Crippen LogP contribution in [0.2, 0.25) is 0 Å². The first kappa shape index (κ1) is 11.4. The van der Waals surface area contributed by atoms with Gasteiger partial charge in [-0.25, -0.2) is 4.39 Å². The Labute approximate surface area is 95.2 Å². The van der Waals surface area contributed by atoms with Crippen molar-refractivity contribution in [2.45, 2.75) is 6.04 Å². The van der Waals surface area contributed by atoms with Gasteiger partial charge in [-0.3, -0.25) is 4.90 Å². The molecule has 16 heavy (non-hydrogen) atoms. The minimum absolute atomic E-state index is 0.180. The molecule has 88 valence electrons. The lowest BCUT2D eigenvalue weighted by Crippen LogP contribution is -2.43. The fraction of sp³-hybridized carbons (Fsp3) is 0.500. The zero-order valence-corrected chi connectivity index (χ0v) is 9.66. The van der Waals surface area contributed by atoms with Crippen molar-refractivity contribution in [2.75, 3.05) is 33.8 Å². The monoisotopic (exact) mass is 224 g/mol. The number of ether oxygens (including phenoxy) is 1. The summed E-state index contributed by atoms with van der Waals surface area (Å²) in [5.41, 5.74) is 0.914. The molecule has 1 aromatic carbocycles. The van der Waals surface area contributed by atoms with E-state index in [1.165, 1.54) is 6.07 Å². The third-order valence-corrected chi connectivity index (χ3v) is 3.06. The molecule has 1 aliphatic heterocycles. The highest BCUT2D eigenvalue weighted by atomic mass is 19.1. The molecule has 1 heterocycles. The van der Waals surface area contributed by atoms with Gasteiger partial charge in [0.1, 0.15) is 11.6 Å². The van der Waals surface area contributed by atoms with E-state index in [2.05, 4.69) is 17.3 Å². The van der Waals surface area contributed by atoms with E-state index in [0.29, 0.717) is 0 Å². The topological polar surface area (TPSA) is 24.5 Å². The average molecular weight is 224 g/mol. The molecule has 0 aromatic heterocycles. The summed E-state index contributed by atoms with van der Waals surface area (Å²) in [5.74, 6) is 0.539. The number of benzene rings is 1. The number of halogens is 1. The Hall–Kier alpha value is -1.13. The number of rotatable bonds is 2. The molecule has 2 rings (SSSR count). The van der Waals surface area contributed by atoms with E-state index in [9.17, 15) is 4.39 Å². The third-order valence-electron chi connectivity index (χ3n) is 3.06. The quantitative estimate of drug-likeness (QED) is 0.822. The summed E-state index contributed by atoms with van der Waals surface area (Å²) < 4.78 is 18.6. The molecule has 0 spiro atoms. The fourth-order valence-electron chi connectivity index (χ4n) is 2.12. The largest absolute Gasteiger partial charge is 0.496 e. The average Bonchev–Trinajstić information content (AvgIpc) is 2.29. The van der Waals surface area contributed by atoms with Crippen molar-refractivity contribution >= 4 is 0 Å². The van der Waals surface area contributed by atoms with Crippen molar-refractivity contribution in [3.63, 3.8) is 0 Å². The fourth-order valence-corrected chi connectivity index (χ4v) is 2.12. The van der Waals surface area contributed by atoms with Crippen LogP contribution >= 0.6 is 0 Å². The lowest BCUT2D eigenvalue weighted by atomic mass is 10.0. The van der Waals surface area contributed by atoms with Crippen LogP contribution in [-0.4, -0.2) is 38.7 Å². The molecule has 0 saturated carbocycles. The number of likely N-dealkylation sites (N-methyl/N-ethyl adjacent to an activating group) is 1. The Balaban J connectivity index is 2.33. The minimum Gasteiger partial charge on any atom is -0.496 e. The zero-order valence-electron chi connectivity index (χ0n) is 9.66. The van der Waals surface area contributed by atoms with Gasteiger partial charge in [0.25, 0.3) is 0 Å². The molecule has 0 aliphatic carbocycles. The van der Waals surface area contributed by atoms with Gasteiger partial charge in [0.05, 0.1) is 13.2 Å². The summed E-state index contributed by atoms with van der Waals surface area (Å²) in [6.45, 7) is 2.77. The van der Waals surface area contributed by atoms with Gasteiger partial charge in [-0.2, -0.15) is 0 Å². The summed E-state index contributed by atoms with van der Waals surface area (Å²) in [6, 6.07) is 4.86. The Morgan fingerprint density at radius 3 is 3.00 bits per heavy atom. The predicted octanol–water partition coefficient (Wildman–Crippen LogP) is 1.41. The van der Waals surface area contributed by atoms with E-state index in [4.69, 9.17) is 4.74 Å². The zero-order chi connectivity index (χ0) is 11.5. The SMILES string of the molecule is COc1ccc(F)cc1C1CNCCN1C. The van der Waals surface area contributed by atoms with Crippen LogP contribution in [0.3, 0.4) is 0 Å². The normalized spacial score (nSPS) is 22.1. The molecule has 0 bridgehead atoms. The van der Waals surface area contributed by atoms with Gasteiger partial charge >= 0.3 is 0 Å². The van der Waals surface area contributed by atoms with Crippen molar-refractivity contribution in [1.82, 2.24) is 10.2 Å². The highest BCUT2D eigenvalue weighted by Crippen LogP contribution is 2.29. The summed E-state index contributed by atoms with van der Waals surface area (Å²) >= 11 is 0. The van der Waals surface area contributed by atoms with Gasteiger partial charge < -0.3 is 10.1 Å². The number of piperazine rings is 1. The van der Waals surface area contributed by atoms with Crippen molar-refractivity contribution in [1.29, 1.82) is 0 Å². The Morgan fingerprint density at radius 2 is 2.31 bits per heavy atom. The molecule has 1 saturated heterocycles. The van der Waals surface area contributed by atoms with E-state index < -0.39 is 0 Å². The minimum atomic E-state index is -0.213. The van der Waals surface area contributed by atoms with Crippen molar-refractivity contribution in [2.24, 2.45) is 0 Å². The molecule has 4 heteroatoms. The molecule has 1 aromatic rings. The molecule has 1 N–H and O–H groups in total. The molecule has 1 fully saturated rings. The lowest BCUT2D eigenvalue weighted by molar-refractivity contribution is 0.198. The number of hydrogen-bond acceptors (Lipinski definition) is 3. The van der Waals surface area contributed by atoms with Crippen LogP contribution in [0, 0.1) is 5.82 Å². The molecular weight excluding hydrogens is 207 g/mol. The first-order chi connectivity index (χ1) is 7.72. The Kier molecular flexibility index (Phi) is 3.41. The second kappa shape index (κ2) is 4.80. The molecule has 0 radical (unpaired) electrons. The molecule has 1 atom stereocenters. The van der Waals surface area contributed by atoms with Gasteiger partial charge in [-0.05, 0) is 25.2 Å². The number of methoxy groups -OCH3 is 1. The predicted molar refractivity (Wildman–Crippen MR) is 61.2 cm³/mol. The summed E-state index contributed by atoms with van der Waals surface area (Å²) in [6.07, 6.45) is 0. The molecular formula is C12H17FN2O. The second-order valence-corrected chi connectivity index (χ2v) is 4.09. The van der Waals surface area contributed by atoms with Crippen LogP contribution < -0.4 is 10.1 Å². The molecule has 1 unspecified atom stereocenters. The first-order valence-corrected chi connectivity index (χ1v) is 5.47. The maximum absolute atomic E-state index is 13.3. The summed E-state index contributed by atoms with van der Waals surface area (Å²) in [4.78, 5) is 2.22. The lowest BCUT2D eigenvalue weighted by Gasteiger charge is -2.34. The maximum Gasteiger partial charge on any atom is 0.123 e. The van der Waals surface area contributed by atoms with Crippen LogP contribution in [-0.2, 0) is 0 Å². The summed E-state index contributed by atoms with van der Waals surface area (Å²) in [5, 5.41) is 3.31. The van der Waals surface area contributed by atoms with Crippen molar-refractivity contribution < 1.29 is 9.13 Å². The van der Waals surface area contributed by atoms with E-state index in [1.54, 1.807) is 19.2 Å². The Bertz CT molecular complexity index is 370. The van der Waals surface area contributed by atoms with Gasteiger partial charge in [0, 0.05) is 25.2 Å². The van der Waals surface area contributed by atoms with E-state index >= 15 is 0 Å². The third kappa shape index (κ3) is 2.18. The number of hydrogen-bond donors (Lipinski definition) is 1. The van der Waals surface area contributed by atoms with Gasteiger partial charge in [-0.15, -0.1) is 0 Å². The van der Waals surface area contributed by atoms with Crippen molar-refractivity contribution in [3.05, 3.63) is 29.6 Å². The van der Waals surface area contributed by atoms with Gasteiger partial charge in [-0.1, -0.05) is 0 Å². The first-order valence-electron chi connectivity index (χ1n) is 5.47. The van der Waals surface area contributed by atoms with E-state index in [-0.39, 0.29) is 11.9 Å². The second-order valence-electron chi connectivity index (χ2n) is 4.09. The van der Waals surface area contributed by atoms with Gasteiger partial charge in [0.15, 0.2) is 0 Å². The number of nitrogens with one attached hydrogen (secondary N) is 1. The highest BCUT2D eigenvalue weighted by Gasteiger charge is 2.23.